The highest BCUT2D eigenvalue weighted by molar-refractivity contribution is 5.44. The van der Waals surface area contributed by atoms with Crippen molar-refractivity contribution in [3.05, 3.63) is 28.4 Å². The summed E-state index contributed by atoms with van der Waals surface area (Å²) in [4.78, 5) is 4.37. The molecule has 1 aromatic heterocycles. The average Bonchev–Trinajstić information content (AvgIpc) is 2.33. The Kier molecular flexibility index (Phi) is 1.10. The van der Waals surface area contributed by atoms with Crippen molar-refractivity contribution in [2.45, 2.75) is 13.3 Å². The highest BCUT2D eigenvalue weighted by Crippen LogP contribution is 1.88. The summed E-state index contributed by atoms with van der Waals surface area (Å²) in [6, 6.07) is 4.18. The Balaban J connectivity index is 2.88. The fourth-order valence-electron chi connectivity index (χ4n) is 1.22. The van der Waals surface area contributed by atoms with E-state index >= 15 is 0 Å². The summed E-state index contributed by atoms with van der Waals surface area (Å²) in [7, 11) is 0. The minimum Gasteiger partial charge on any atom is -0.253 e. The molecule has 1 heterocycles. The van der Waals surface area contributed by atoms with Gasteiger partial charge in [-0.3, -0.25) is 4.98 Å². The molecule has 0 fully saturated rings. The van der Waals surface area contributed by atoms with Crippen LogP contribution in [0.4, 0.5) is 0 Å². The molecule has 0 N–H and O–H groups in total. The summed E-state index contributed by atoms with van der Waals surface area (Å²) in [6.07, 6.45) is 5.40. The number of nitrogens with zero attached hydrogens (tertiary/aromatic N) is 1. The number of fused-ring (bicyclic) bond motifs is 1. The maximum absolute atomic E-state index is 4.37. The highest BCUT2D eigenvalue weighted by Gasteiger charge is 1.92. The highest BCUT2D eigenvalue weighted by atomic mass is 14.7. The van der Waals surface area contributed by atoms with E-state index in [0.717, 1.165) is 17.5 Å². The molecule has 1 aromatic rings. The second-order valence-corrected chi connectivity index (χ2v) is 2.57. The summed E-state index contributed by atoms with van der Waals surface area (Å²) in [5.74, 6) is 0. The lowest BCUT2D eigenvalue weighted by atomic mass is 10.3. The minimum absolute atomic E-state index is 1.05. The lowest BCUT2D eigenvalue weighted by molar-refractivity contribution is 1.14. The first-order valence-corrected chi connectivity index (χ1v) is 3.50. The third kappa shape index (κ3) is 0.747. The number of aryl methyl sites for hydroxylation is 1. The number of pyridine rings is 1. The summed E-state index contributed by atoms with van der Waals surface area (Å²) in [6.45, 7) is 2.02. The molecule has 0 spiro atoms. The SMILES string of the molecule is Cc1ccc2c(n1)=CCC=2. The fourth-order valence-corrected chi connectivity index (χ4v) is 1.22. The maximum Gasteiger partial charge on any atom is 0.0665 e. The molecule has 10 heavy (non-hydrogen) atoms. The molecule has 0 radical (unpaired) electrons. The molecule has 0 aromatic carbocycles. The van der Waals surface area contributed by atoms with Crippen LogP contribution in [0.1, 0.15) is 12.1 Å². The normalized spacial score (nSPS) is 13.7. The monoisotopic (exact) mass is 131 g/mol. The van der Waals surface area contributed by atoms with E-state index < -0.39 is 0 Å². The predicted molar refractivity (Wildman–Crippen MR) is 41.8 cm³/mol. The molecule has 1 heteroatoms. The number of hydrogen-bond acceptors (Lipinski definition) is 1. The zero-order valence-corrected chi connectivity index (χ0v) is 5.96. The predicted octanol–water partition coefficient (Wildman–Crippen LogP) is 0.355. The molecule has 0 saturated carbocycles. The molecule has 0 atom stereocenters. The summed E-state index contributed by atoms with van der Waals surface area (Å²) in [5.41, 5.74) is 1.10. The Morgan fingerprint density at radius 1 is 1.30 bits per heavy atom. The van der Waals surface area contributed by atoms with Crippen molar-refractivity contribution in [1.82, 2.24) is 4.98 Å². The molecule has 0 unspecified atom stereocenters. The zero-order chi connectivity index (χ0) is 6.97. The second-order valence-electron chi connectivity index (χ2n) is 2.57. The van der Waals surface area contributed by atoms with Gasteiger partial charge in [0.15, 0.2) is 0 Å². The van der Waals surface area contributed by atoms with Crippen molar-refractivity contribution >= 4 is 12.2 Å². The standard InChI is InChI=1S/C9H9N/c1-7-5-6-8-3-2-4-9(8)10-7/h3-6H,2H2,1H3. The van der Waals surface area contributed by atoms with Crippen LogP contribution in [0, 0.1) is 6.92 Å². The van der Waals surface area contributed by atoms with Gasteiger partial charge in [-0.15, -0.1) is 0 Å². The van der Waals surface area contributed by atoms with E-state index in [4.69, 9.17) is 0 Å². The van der Waals surface area contributed by atoms with E-state index in [1.807, 2.05) is 6.92 Å². The number of hydrogen-bond donors (Lipinski definition) is 0. The van der Waals surface area contributed by atoms with Crippen LogP contribution < -0.4 is 10.6 Å². The van der Waals surface area contributed by atoms with E-state index in [-0.39, 0.29) is 0 Å². The molecule has 0 bridgehead atoms. The van der Waals surface area contributed by atoms with Crippen molar-refractivity contribution in [2.24, 2.45) is 0 Å². The molecule has 1 nitrogen and oxygen atoms in total. The third-order valence-electron chi connectivity index (χ3n) is 1.75. The topological polar surface area (TPSA) is 12.9 Å². The Hall–Kier alpha value is -1.11. The lowest BCUT2D eigenvalue weighted by Crippen LogP contribution is -2.24. The van der Waals surface area contributed by atoms with E-state index in [1.165, 1.54) is 5.22 Å². The summed E-state index contributed by atoms with van der Waals surface area (Å²) < 4.78 is 0. The number of aromatic nitrogens is 1. The Morgan fingerprint density at radius 2 is 2.20 bits per heavy atom. The Morgan fingerprint density at radius 3 is 3.10 bits per heavy atom. The van der Waals surface area contributed by atoms with E-state index in [0.29, 0.717) is 0 Å². The van der Waals surface area contributed by atoms with Gasteiger partial charge < -0.3 is 0 Å². The maximum atomic E-state index is 4.37. The van der Waals surface area contributed by atoms with Crippen molar-refractivity contribution in [3.8, 4) is 0 Å². The average molecular weight is 131 g/mol. The molecule has 0 amide bonds. The minimum atomic E-state index is 1.05. The smallest absolute Gasteiger partial charge is 0.0665 e. The van der Waals surface area contributed by atoms with Gasteiger partial charge >= 0.3 is 0 Å². The van der Waals surface area contributed by atoms with Crippen LogP contribution in [-0.2, 0) is 0 Å². The van der Waals surface area contributed by atoms with Gasteiger partial charge in [-0.2, -0.15) is 0 Å². The molecule has 0 aliphatic heterocycles. The summed E-state index contributed by atoms with van der Waals surface area (Å²) >= 11 is 0. The van der Waals surface area contributed by atoms with Crippen LogP contribution in [0.15, 0.2) is 12.1 Å². The largest absolute Gasteiger partial charge is 0.253 e. The number of rotatable bonds is 0. The summed E-state index contributed by atoms with van der Waals surface area (Å²) in [5, 5.41) is 2.44. The van der Waals surface area contributed by atoms with Crippen LogP contribution in [0.3, 0.4) is 0 Å². The van der Waals surface area contributed by atoms with Gasteiger partial charge in [0.2, 0.25) is 0 Å². The van der Waals surface area contributed by atoms with Crippen LogP contribution in [-0.4, -0.2) is 4.98 Å². The van der Waals surface area contributed by atoms with Gasteiger partial charge in [0.25, 0.3) is 0 Å². The van der Waals surface area contributed by atoms with Crippen LogP contribution in [0.5, 0.6) is 0 Å². The van der Waals surface area contributed by atoms with Crippen molar-refractivity contribution in [1.29, 1.82) is 0 Å². The molecule has 1 aliphatic carbocycles. The van der Waals surface area contributed by atoms with Crippen molar-refractivity contribution in [2.75, 3.05) is 0 Å². The molecular formula is C9H9N. The van der Waals surface area contributed by atoms with Crippen LogP contribution >= 0.6 is 0 Å². The first-order valence-electron chi connectivity index (χ1n) is 3.50. The van der Waals surface area contributed by atoms with Gasteiger partial charge in [-0.1, -0.05) is 18.2 Å². The van der Waals surface area contributed by atoms with Crippen molar-refractivity contribution in [3.63, 3.8) is 0 Å². The second kappa shape index (κ2) is 1.94. The Labute approximate surface area is 59.7 Å². The molecular weight excluding hydrogens is 122 g/mol. The van der Waals surface area contributed by atoms with Crippen molar-refractivity contribution < 1.29 is 0 Å². The molecule has 2 rings (SSSR count). The van der Waals surface area contributed by atoms with Gasteiger partial charge in [0.1, 0.15) is 0 Å². The quantitative estimate of drug-likeness (QED) is 0.495. The van der Waals surface area contributed by atoms with Gasteiger partial charge in [0, 0.05) is 5.69 Å². The van der Waals surface area contributed by atoms with Gasteiger partial charge in [0.05, 0.1) is 5.35 Å². The molecule has 0 saturated heterocycles. The lowest BCUT2D eigenvalue weighted by Gasteiger charge is -1.87. The third-order valence-corrected chi connectivity index (χ3v) is 1.75. The first kappa shape index (κ1) is 5.66. The van der Waals surface area contributed by atoms with Gasteiger partial charge in [-0.25, -0.2) is 0 Å². The molecule has 1 aliphatic rings. The van der Waals surface area contributed by atoms with E-state index in [1.54, 1.807) is 0 Å². The van der Waals surface area contributed by atoms with Crippen LogP contribution in [0.2, 0.25) is 0 Å². The zero-order valence-electron chi connectivity index (χ0n) is 5.96. The first-order chi connectivity index (χ1) is 4.86. The molecule has 50 valence electrons. The fraction of sp³-hybridized carbons (Fsp3) is 0.222. The Bertz CT molecular complexity index is 363. The van der Waals surface area contributed by atoms with E-state index in [9.17, 15) is 0 Å². The van der Waals surface area contributed by atoms with Crippen LogP contribution in [0.25, 0.3) is 12.2 Å². The van der Waals surface area contributed by atoms with E-state index in [2.05, 4.69) is 29.3 Å². The van der Waals surface area contributed by atoms with Gasteiger partial charge in [-0.05, 0) is 24.6 Å².